The SMILES string of the molecule is SCc1ccc2c(c1)SCC2. The van der Waals surface area contributed by atoms with Gasteiger partial charge in [-0.15, -0.1) is 11.8 Å². The van der Waals surface area contributed by atoms with Crippen LogP contribution in [0.15, 0.2) is 23.1 Å². The van der Waals surface area contributed by atoms with Gasteiger partial charge >= 0.3 is 0 Å². The molecule has 1 aliphatic heterocycles. The van der Waals surface area contributed by atoms with Crippen LogP contribution in [0.2, 0.25) is 0 Å². The third-order valence-electron chi connectivity index (χ3n) is 1.94. The first kappa shape index (κ1) is 7.56. The number of aryl methyl sites for hydroxylation is 1. The lowest BCUT2D eigenvalue weighted by Gasteiger charge is -1.99. The smallest absolute Gasteiger partial charge is 0.0154 e. The Hall–Kier alpha value is -0.0800. The van der Waals surface area contributed by atoms with E-state index >= 15 is 0 Å². The van der Waals surface area contributed by atoms with Gasteiger partial charge in [0, 0.05) is 16.4 Å². The van der Waals surface area contributed by atoms with Crippen molar-refractivity contribution in [3.63, 3.8) is 0 Å². The summed E-state index contributed by atoms with van der Waals surface area (Å²) in [5.74, 6) is 2.11. The molecule has 1 aromatic carbocycles. The van der Waals surface area contributed by atoms with Crippen molar-refractivity contribution in [3.8, 4) is 0 Å². The highest BCUT2D eigenvalue weighted by Gasteiger charge is 2.10. The minimum Gasteiger partial charge on any atom is -0.175 e. The lowest BCUT2D eigenvalue weighted by Crippen LogP contribution is -1.82. The first-order chi connectivity index (χ1) is 5.40. The van der Waals surface area contributed by atoms with E-state index in [0.29, 0.717) is 0 Å². The van der Waals surface area contributed by atoms with Crippen LogP contribution in [0.5, 0.6) is 0 Å². The average Bonchev–Trinajstić information content (AvgIpc) is 2.50. The maximum Gasteiger partial charge on any atom is 0.0154 e. The number of thioether (sulfide) groups is 1. The van der Waals surface area contributed by atoms with Gasteiger partial charge in [-0.2, -0.15) is 12.6 Å². The maximum atomic E-state index is 4.24. The van der Waals surface area contributed by atoms with Gasteiger partial charge in [0.05, 0.1) is 0 Å². The molecule has 0 unspecified atom stereocenters. The average molecular weight is 182 g/mol. The summed E-state index contributed by atoms with van der Waals surface area (Å²) in [6, 6.07) is 6.68. The molecule has 0 spiro atoms. The number of thiol groups is 1. The van der Waals surface area contributed by atoms with Crippen molar-refractivity contribution in [1.29, 1.82) is 0 Å². The van der Waals surface area contributed by atoms with Gasteiger partial charge in [0.25, 0.3) is 0 Å². The van der Waals surface area contributed by atoms with Gasteiger partial charge in [-0.25, -0.2) is 0 Å². The van der Waals surface area contributed by atoms with E-state index in [4.69, 9.17) is 0 Å². The van der Waals surface area contributed by atoms with Crippen molar-refractivity contribution in [2.45, 2.75) is 17.1 Å². The van der Waals surface area contributed by atoms with E-state index in [1.54, 1.807) is 0 Å². The molecule has 0 N–H and O–H groups in total. The second-order valence-corrected chi connectivity index (χ2v) is 4.15. The molecular weight excluding hydrogens is 172 g/mol. The van der Waals surface area contributed by atoms with Gasteiger partial charge in [-0.05, 0) is 23.6 Å². The summed E-state index contributed by atoms with van der Waals surface area (Å²) in [5.41, 5.74) is 2.85. The minimum atomic E-state index is 0.855. The summed E-state index contributed by atoms with van der Waals surface area (Å²) < 4.78 is 0. The van der Waals surface area contributed by atoms with Crippen molar-refractivity contribution in [1.82, 2.24) is 0 Å². The normalized spacial score (nSPS) is 15.0. The Morgan fingerprint density at radius 2 is 2.36 bits per heavy atom. The van der Waals surface area contributed by atoms with Crippen molar-refractivity contribution < 1.29 is 0 Å². The third kappa shape index (κ3) is 1.42. The highest BCUT2D eigenvalue weighted by Crippen LogP contribution is 2.31. The standard InChI is InChI=1S/C9H10S2/c10-6-7-1-2-8-3-4-11-9(8)5-7/h1-2,5,10H,3-4,6H2. The predicted octanol–water partition coefficient (Wildman–Crippen LogP) is 2.76. The summed E-state index contributed by atoms with van der Waals surface area (Å²) in [5, 5.41) is 0. The minimum absolute atomic E-state index is 0.855. The van der Waals surface area contributed by atoms with Gasteiger partial charge in [0.15, 0.2) is 0 Å². The Kier molecular flexibility index (Phi) is 2.14. The van der Waals surface area contributed by atoms with Crippen LogP contribution in [0.1, 0.15) is 11.1 Å². The summed E-state index contributed by atoms with van der Waals surface area (Å²) in [6.45, 7) is 0. The first-order valence-electron chi connectivity index (χ1n) is 3.75. The molecule has 1 heterocycles. The largest absolute Gasteiger partial charge is 0.175 e. The van der Waals surface area contributed by atoms with Gasteiger partial charge in [-0.1, -0.05) is 12.1 Å². The van der Waals surface area contributed by atoms with Crippen molar-refractivity contribution in [3.05, 3.63) is 29.3 Å². The van der Waals surface area contributed by atoms with E-state index < -0.39 is 0 Å². The van der Waals surface area contributed by atoms with E-state index in [1.165, 1.54) is 28.2 Å². The van der Waals surface area contributed by atoms with Gasteiger partial charge in [0.1, 0.15) is 0 Å². The summed E-state index contributed by atoms with van der Waals surface area (Å²) >= 11 is 6.21. The van der Waals surface area contributed by atoms with E-state index in [9.17, 15) is 0 Å². The molecule has 0 fully saturated rings. The molecule has 2 heteroatoms. The van der Waals surface area contributed by atoms with E-state index in [1.807, 2.05) is 11.8 Å². The molecule has 0 saturated heterocycles. The summed E-state index contributed by atoms with van der Waals surface area (Å²) in [6.07, 6.45) is 1.24. The molecule has 0 aromatic heterocycles. The lowest BCUT2D eigenvalue weighted by atomic mass is 10.1. The van der Waals surface area contributed by atoms with Crippen LogP contribution in [-0.4, -0.2) is 5.75 Å². The van der Waals surface area contributed by atoms with Crippen LogP contribution < -0.4 is 0 Å². The number of hydrogen-bond acceptors (Lipinski definition) is 2. The van der Waals surface area contributed by atoms with Crippen LogP contribution in [0.25, 0.3) is 0 Å². The molecule has 0 bridgehead atoms. The van der Waals surface area contributed by atoms with Crippen LogP contribution in [-0.2, 0) is 12.2 Å². The first-order valence-corrected chi connectivity index (χ1v) is 5.37. The van der Waals surface area contributed by atoms with Crippen LogP contribution in [0, 0.1) is 0 Å². The van der Waals surface area contributed by atoms with Crippen molar-refractivity contribution >= 4 is 24.4 Å². The molecule has 1 aliphatic rings. The zero-order valence-electron chi connectivity index (χ0n) is 6.21. The van der Waals surface area contributed by atoms with E-state index in [0.717, 1.165) is 5.75 Å². The van der Waals surface area contributed by atoms with Crippen LogP contribution in [0.3, 0.4) is 0 Å². The highest BCUT2D eigenvalue weighted by atomic mass is 32.2. The quantitative estimate of drug-likeness (QED) is 0.652. The lowest BCUT2D eigenvalue weighted by molar-refractivity contribution is 1.13. The highest BCUT2D eigenvalue weighted by molar-refractivity contribution is 7.99. The molecule has 0 aliphatic carbocycles. The van der Waals surface area contributed by atoms with Crippen LogP contribution >= 0.6 is 24.4 Å². The Bertz CT molecular complexity index is 268. The Balaban J connectivity index is 2.41. The molecule has 0 atom stereocenters. The Morgan fingerprint density at radius 3 is 3.18 bits per heavy atom. The Labute approximate surface area is 76.8 Å². The Morgan fingerprint density at radius 1 is 1.45 bits per heavy atom. The molecule has 2 rings (SSSR count). The number of rotatable bonds is 1. The van der Waals surface area contributed by atoms with E-state index in [-0.39, 0.29) is 0 Å². The molecule has 0 radical (unpaired) electrons. The van der Waals surface area contributed by atoms with Crippen molar-refractivity contribution in [2.24, 2.45) is 0 Å². The zero-order valence-corrected chi connectivity index (χ0v) is 7.92. The number of fused-ring (bicyclic) bond motifs is 1. The molecule has 0 saturated carbocycles. The molecule has 58 valence electrons. The third-order valence-corrected chi connectivity index (χ3v) is 3.41. The number of hydrogen-bond donors (Lipinski definition) is 1. The second kappa shape index (κ2) is 3.11. The van der Waals surface area contributed by atoms with Gasteiger partial charge in [0.2, 0.25) is 0 Å². The van der Waals surface area contributed by atoms with Crippen LogP contribution in [0.4, 0.5) is 0 Å². The fraction of sp³-hybridized carbons (Fsp3) is 0.333. The fourth-order valence-electron chi connectivity index (χ4n) is 1.31. The molecular formula is C9H10S2. The molecule has 11 heavy (non-hydrogen) atoms. The predicted molar refractivity (Wildman–Crippen MR) is 53.6 cm³/mol. The number of benzene rings is 1. The topological polar surface area (TPSA) is 0 Å². The zero-order chi connectivity index (χ0) is 7.68. The molecule has 0 amide bonds. The molecule has 1 aromatic rings. The summed E-state index contributed by atoms with van der Waals surface area (Å²) in [4.78, 5) is 1.47. The monoisotopic (exact) mass is 182 g/mol. The van der Waals surface area contributed by atoms with E-state index in [2.05, 4.69) is 30.8 Å². The maximum absolute atomic E-state index is 4.24. The van der Waals surface area contributed by atoms with Crippen molar-refractivity contribution in [2.75, 3.05) is 5.75 Å². The fourth-order valence-corrected chi connectivity index (χ4v) is 2.64. The summed E-state index contributed by atoms with van der Waals surface area (Å²) in [7, 11) is 0. The van der Waals surface area contributed by atoms with Gasteiger partial charge in [-0.3, -0.25) is 0 Å². The van der Waals surface area contributed by atoms with Gasteiger partial charge < -0.3 is 0 Å². The molecule has 0 nitrogen and oxygen atoms in total. The second-order valence-electron chi connectivity index (χ2n) is 2.70.